The summed E-state index contributed by atoms with van der Waals surface area (Å²) < 4.78 is 2.01. The molecule has 2 heterocycles. The molecule has 1 aliphatic heterocycles. The summed E-state index contributed by atoms with van der Waals surface area (Å²) in [6.45, 7) is 8.26. The predicted molar refractivity (Wildman–Crippen MR) is 82.4 cm³/mol. The van der Waals surface area contributed by atoms with Crippen LogP contribution in [0.25, 0.3) is 0 Å². The van der Waals surface area contributed by atoms with Crippen molar-refractivity contribution in [3.63, 3.8) is 0 Å². The van der Waals surface area contributed by atoms with Gasteiger partial charge in [-0.1, -0.05) is 27.2 Å². The van der Waals surface area contributed by atoms with Gasteiger partial charge in [-0.2, -0.15) is 0 Å². The van der Waals surface area contributed by atoms with Gasteiger partial charge in [0.15, 0.2) is 0 Å². The summed E-state index contributed by atoms with van der Waals surface area (Å²) in [5, 5.41) is 8.77. The SMILES string of the molecule is CCCCC(=O)N1Cc2cc(C(=O)NO)cn2CC(C)(C)C1. The van der Waals surface area contributed by atoms with Gasteiger partial charge in [-0.25, -0.2) is 5.48 Å². The fraction of sp³-hybridized carbons (Fsp3) is 0.625. The van der Waals surface area contributed by atoms with Crippen LogP contribution in [0.1, 0.15) is 56.1 Å². The van der Waals surface area contributed by atoms with Crippen molar-refractivity contribution in [2.45, 2.75) is 53.1 Å². The van der Waals surface area contributed by atoms with Crippen molar-refractivity contribution in [3.8, 4) is 0 Å². The summed E-state index contributed by atoms with van der Waals surface area (Å²) in [7, 11) is 0. The maximum atomic E-state index is 12.4. The number of nitrogens with one attached hydrogen (secondary N) is 1. The van der Waals surface area contributed by atoms with Crippen LogP contribution in [0, 0.1) is 5.41 Å². The molecule has 22 heavy (non-hydrogen) atoms. The smallest absolute Gasteiger partial charge is 0.276 e. The van der Waals surface area contributed by atoms with Gasteiger partial charge in [0.2, 0.25) is 5.91 Å². The fourth-order valence-corrected chi connectivity index (χ4v) is 2.96. The Morgan fingerprint density at radius 1 is 1.36 bits per heavy atom. The van der Waals surface area contributed by atoms with Gasteiger partial charge in [-0.15, -0.1) is 0 Å². The summed E-state index contributed by atoms with van der Waals surface area (Å²) in [6, 6.07) is 1.74. The molecular formula is C16H25N3O3. The van der Waals surface area contributed by atoms with Crippen LogP contribution in [-0.4, -0.2) is 33.0 Å². The summed E-state index contributed by atoms with van der Waals surface area (Å²) >= 11 is 0. The zero-order valence-corrected chi connectivity index (χ0v) is 13.6. The normalized spacial score (nSPS) is 16.8. The number of hydroxylamine groups is 1. The molecule has 0 aliphatic carbocycles. The van der Waals surface area contributed by atoms with Crippen molar-refractivity contribution in [1.29, 1.82) is 0 Å². The van der Waals surface area contributed by atoms with Crippen LogP contribution in [0.4, 0.5) is 0 Å². The molecule has 0 saturated carbocycles. The van der Waals surface area contributed by atoms with Crippen LogP contribution < -0.4 is 5.48 Å². The number of rotatable bonds is 4. The van der Waals surface area contributed by atoms with Crippen molar-refractivity contribution in [3.05, 3.63) is 23.5 Å². The largest absolute Gasteiger partial charge is 0.348 e. The maximum absolute atomic E-state index is 12.4. The lowest BCUT2D eigenvalue weighted by Gasteiger charge is -2.29. The summed E-state index contributed by atoms with van der Waals surface area (Å²) in [5.74, 6) is -0.361. The van der Waals surface area contributed by atoms with Crippen molar-refractivity contribution in [1.82, 2.24) is 14.9 Å². The van der Waals surface area contributed by atoms with Crippen LogP contribution in [0.2, 0.25) is 0 Å². The van der Waals surface area contributed by atoms with Gasteiger partial charge in [0, 0.05) is 36.8 Å². The Labute approximate surface area is 131 Å². The molecule has 2 amide bonds. The molecule has 0 radical (unpaired) electrons. The molecular weight excluding hydrogens is 282 g/mol. The van der Waals surface area contributed by atoms with E-state index in [9.17, 15) is 9.59 Å². The minimum atomic E-state index is -0.526. The van der Waals surface area contributed by atoms with Gasteiger partial charge >= 0.3 is 0 Å². The van der Waals surface area contributed by atoms with Crippen LogP contribution in [-0.2, 0) is 17.9 Å². The zero-order chi connectivity index (χ0) is 16.3. The molecule has 2 N–H and O–H groups in total. The fourth-order valence-electron chi connectivity index (χ4n) is 2.96. The Balaban J connectivity index is 2.26. The van der Waals surface area contributed by atoms with E-state index in [2.05, 4.69) is 20.8 Å². The highest BCUT2D eigenvalue weighted by atomic mass is 16.5. The van der Waals surface area contributed by atoms with Gasteiger partial charge in [0.25, 0.3) is 5.91 Å². The highest BCUT2D eigenvalue weighted by molar-refractivity contribution is 5.93. The van der Waals surface area contributed by atoms with E-state index in [0.717, 1.165) is 25.1 Å². The quantitative estimate of drug-likeness (QED) is 0.661. The standard InChI is InChI=1S/C16H25N3O3/c1-4-5-6-14(20)19-9-13-7-12(15(21)17-22)8-18(13)10-16(2,3)11-19/h7-8,22H,4-6,9-11H2,1-3H3,(H,17,21). The van der Waals surface area contributed by atoms with E-state index >= 15 is 0 Å². The highest BCUT2D eigenvalue weighted by Crippen LogP contribution is 2.28. The van der Waals surface area contributed by atoms with Gasteiger partial charge in [0.05, 0.1) is 12.1 Å². The average molecular weight is 307 g/mol. The second-order valence-corrected chi connectivity index (χ2v) is 6.81. The number of aromatic nitrogens is 1. The Morgan fingerprint density at radius 2 is 2.09 bits per heavy atom. The topological polar surface area (TPSA) is 74.6 Å². The molecule has 0 aromatic carbocycles. The zero-order valence-electron chi connectivity index (χ0n) is 13.6. The van der Waals surface area contributed by atoms with E-state index in [1.807, 2.05) is 9.47 Å². The third-order valence-electron chi connectivity index (χ3n) is 4.02. The second kappa shape index (κ2) is 6.52. The first-order chi connectivity index (χ1) is 10.4. The monoisotopic (exact) mass is 307 g/mol. The van der Waals surface area contributed by atoms with Gasteiger partial charge in [0.1, 0.15) is 0 Å². The van der Waals surface area contributed by atoms with E-state index in [-0.39, 0.29) is 11.3 Å². The average Bonchev–Trinajstić information content (AvgIpc) is 2.79. The Bertz CT molecular complexity index is 563. The van der Waals surface area contributed by atoms with Crippen molar-refractivity contribution in [2.24, 2.45) is 5.41 Å². The molecule has 0 fully saturated rings. The maximum Gasteiger partial charge on any atom is 0.276 e. The minimum Gasteiger partial charge on any atom is -0.348 e. The lowest BCUT2D eigenvalue weighted by atomic mass is 9.93. The van der Waals surface area contributed by atoms with Gasteiger partial charge in [-0.05, 0) is 12.5 Å². The number of carbonyl (C=O) groups excluding carboxylic acids is 2. The molecule has 0 spiro atoms. The summed E-state index contributed by atoms with van der Waals surface area (Å²) in [5.41, 5.74) is 2.92. The molecule has 0 unspecified atom stereocenters. The minimum absolute atomic E-state index is 0.0703. The van der Waals surface area contributed by atoms with E-state index in [0.29, 0.717) is 25.1 Å². The summed E-state index contributed by atoms with van der Waals surface area (Å²) in [6.07, 6.45) is 4.20. The third-order valence-corrected chi connectivity index (χ3v) is 4.02. The Kier molecular flexibility index (Phi) is 4.90. The third kappa shape index (κ3) is 3.68. The molecule has 1 aromatic rings. The molecule has 0 saturated heterocycles. The van der Waals surface area contributed by atoms with Crippen molar-refractivity contribution >= 4 is 11.8 Å². The Hall–Kier alpha value is -1.82. The molecule has 6 heteroatoms. The number of nitrogens with zero attached hydrogens (tertiary/aromatic N) is 2. The first-order valence-electron chi connectivity index (χ1n) is 7.77. The van der Waals surface area contributed by atoms with Crippen molar-refractivity contribution in [2.75, 3.05) is 6.54 Å². The Morgan fingerprint density at radius 3 is 2.73 bits per heavy atom. The molecule has 2 rings (SSSR count). The molecule has 1 aromatic heterocycles. The number of hydrogen-bond donors (Lipinski definition) is 2. The number of hydrogen-bond acceptors (Lipinski definition) is 3. The molecule has 0 atom stereocenters. The highest BCUT2D eigenvalue weighted by Gasteiger charge is 2.30. The van der Waals surface area contributed by atoms with E-state index in [1.165, 1.54) is 0 Å². The van der Waals surface area contributed by atoms with Crippen LogP contribution in [0.3, 0.4) is 0 Å². The summed E-state index contributed by atoms with van der Waals surface area (Å²) in [4.78, 5) is 25.9. The molecule has 6 nitrogen and oxygen atoms in total. The van der Waals surface area contributed by atoms with Gasteiger partial charge in [-0.3, -0.25) is 14.8 Å². The molecule has 1 aliphatic rings. The number of unbranched alkanes of at least 4 members (excludes halogenated alkanes) is 1. The lowest BCUT2D eigenvalue weighted by Crippen LogP contribution is -2.37. The molecule has 0 bridgehead atoms. The predicted octanol–water partition coefficient (Wildman–Crippen LogP) is 2.17. The van der Waals surface area contributed by atoms with Crippen LogP contribution in [0.15, 0.2) is 12.3 Å². The first-order valence-corrected chi connectivity index (χ1v) is 7.77. The number of carbonyl (C=O) groups is 2. The van der Waals surface area contributed by atoms with Crippen LogP contribution >= 0.6 is 0 Å². The second-order valence-electron chi connectivity index (χ2n) is 6.81. The van der Waals surface area contributed by atoms with E-state index < -0.39 is 5.91 Å². The van der Waals surface area contributed by atoms with E-state index in [1.54, 1.807) is 17.7 Å². The lowest BCUT2D eigenvalue weighted by molar-refractivity contribution is -0.133. The number of amides is 2. The van der Waals surface area contributed by atoms with Crippen molar-refractivity contribution < 1.29 is 14.8 Å². The molecule has 122 valence electrons. The van der Waals surface area contributed by atoms with E-state index in [4.69, 9.17) is 5.21 Å². The van der Waals surface area contributed by atoms with Gasteiger partial charge < -0.3 is 9.47 Å². The number of fused-ring (bicyclic) bond motifs is 1. The van der Waals surface area contributed by atoms with Crippen LogP contribution in [0.5, 0.6) is 0 Å². The first kappa shape index (κ1) is 16.5.